The third-order valence-electron chi connectivity index (χ3n) is 12.1. The fraction of sp³-hybridized carbons (Fsp3) is 0.404. The normalized spacial score (nSPS) is 16.2. The first-order chi connectivity index (χ1) is 34.0. The van der Waals surface area contributed by atoms with E-state index in [0.29, 0.717) is 24.8 Å². The molecule has 0 aliphatic carbocycles. The molecule has 0 radical (unpaired) electrons. The van der Waals surface area contributed by atoms with Crippen LogP contribution in [-0.4, -0.2) is 130 Å². The van der Waals surface area contributed by atoms with Crippen LogP contribution in [0.4, 0.5) is 0 Å². The van der Waals surface area contributed by atoms with E-state index in [2.05, 4.69) is 26.6 Å². The van der Waals surface area contributed by atoms with E-state index in [-0.39, 0.29) is 51.1 Å². The van der Waals surface area contributed by atoms with Crippen LogP contribution in [0.3, 0.4) is 0 Å². The number of likely N-dealkylation sites (tertiary alicyclic amines) is 1. The molecule has 1 saturated heterocycles. The van der Waals surface area contributed by atoms with Gasteiger partial charge >= 0.3 is 5.97 Å². The highest BCUT2D eigenvalue weighted by molar-refractivity contribution is 5.97. The number of amides is 6. The van der Waals surface area contributed by atoms with Crippen LogP contribution < -0.4 is 38.1 Å². The average molecular weight is 979 g/mol. The van der Waals surface area contributed by atoms with E-state index in [0.717, 1.165) is 22.3 Å². The number of aliphatic carboxylic acids is 1. The quantitative estimate of drug-likeness (QED) is 0.0399. The lowest BCUT2D eigenvalue weighted by atomic mass is 10.00. The number of benzene rings is 4. The van der Waals surface area contributed by atoms with E-state index < -0.39 is 96.4 Å². The van der Waals surface area contributed by atoms with Gasteiger partial charge in [-0.2, -0.15) is 0 Å². The van der Waals surface area contributed by atoms with Crippen molar-refractivity contribution in [3.8, 4) is 16.9 Å². The van der Waals surface area contributed by atoms with Gasteiger partial charge < -0.3 is 63.0 Å². The second-order valence-electron chi connectivity index (χ2n) is 17.7. The lowest BCUT2D eigenvalue weighted by molar-refractivity contribution is -0.146. The number of aromatic hydroxyl groups is 1. The number of nitrogens with one attached hydrogen (secondary N) is 5. The summed E-state index contributed by atoms with van der Waals surface area (Å²) < 4.78 is 6.21. The number of ether oxygens (including phenoxy) is 1. The third-order valence-corrected chi connectivity index (χ3v) is 12.1. The van der Waals surface area contributed by atoms with Crippen molar-refractivity contribution in [2.24, 2.45) is 11.5 Å². The van der Waals surface area contributed by atoms with Crippen LogP contribution in [0.5, 0.6) is 5.75 Å². The van der Waals surface area contributed by atoms with Gasteiger partial charge in [0.25, 0.3) is 0 Å². The topological polar surface area (TPSA) is 305 Å². The Labute approximate surface area is 413 Å². The molecule has 19 heteroatoms. The Bertz CT molecular complexity index is 2390. The van der Waals surface area contributed by atoms with Crippen LogP contribution in [0.2, 0.25) is 0 Å². The Morgan fingerprint density at radius 3 is 1.92 bits per heavy atom. The Kier molecular flexibility index (Phi) is 21.0. The number of carboxylic acids is 1. The van der Waals surface area contributed by atoms with Gasteiger partial charge in [0, 0.05) is 13.0 Å². The highest BCUT2D eigenvalue weighted by Gasteiger charge is 2.42. The molecule has 380 valence electrons. The Hall–Kier alpha value is -7.19. The molecule has 1 fully saturated rings. The fourth-order valence-corrected chi connectivity index (χ4v) is 8.14. The monoisotopic (exact) mass is 978 g/mol. The number of unbranched alkanes of at least 4 members (excludes halogenated alkanes) is 1. The summed E-state index contributed by atoms with van der Waals surface area (Å²) in [6.07, 6.45) is -0.843. The summed E-state index contributed by atoms with van der Waals surface area (Å²) in [7, 11) is 0. The number of rotatable bonds is 26. The molecule has 71 heavy (non-hydrogen) atoms. The van der Waals surface area contributed by atoms with Gasteiger partial charge in [-0.1, -0.05) is 97.1 Å². The SMILES string of the molecule is C[C@@H](O)[C@H](NC(=O)[C@H](CCCCN)NC(=O)[C@@H]1CCCN1C(=O)[C@@H](NC(=O)[C@H](Cc1ccc(O)cc1)NC(=O)[C@@H](N)Cc1ccc(-c2ccccc2)cc1)[C@@H](C)OCc1ccccc1)C(=O)NCC(=O)O. The van der Waals surface area contributed by atoms with Crippen molar-refractivity contribution in [3.05, 3.63) is 126 Å². The molecule has 19 nitrogen and oxygen atoms in total. The second kappa shape index (κ2) is 27.3. The first-order valence-corrected chi connectivity index (χ1v) is 23.8. The zero-order valence-corrected chi connectivity index (χ0v) is 40.0. The molecule has 4 aromatic rings. The summed E-state index contributed by atoms with van der Waals surface area (Å²) in [5.74, 6) is -5.89. The first-order valence-electron chi connectivity index (χ1n) is 23.8. The molecule has 4 aromatic carbocycles. The minimum Gasteiger partial charge on any atom is -0.508 e. The predicted molar refractivity (Wildman–Crippen MR) is 264 cm³/mol. The maximum Gasteiger partial charge on any atom is 0.322 e. The van der Waals surface area contributed by atoms with Crippen LogP contribution >= 0.6 is 0 Å². The summed E-state index contributed by atoms with van der Waals surface area (Å²) in [5.41, 5.74) is 16.3. The zero-order valence-electron chi connectivity index (χ0n) is 40.0. The van der Waals surface area contributed by atoms with Crippen LogP contribution in [0.1, 0.15) is 62.6 Å². The largest absolute Gasteiger partial charge is 0.508 e. The van der Waals surface area contributed by atoms with Gasteiger partial charge in [0.05, 0.1) is 24.9 Å². The molecule has 6 amide bonds. The summed E-state index contributed by atoms with van der Waals surface area (Å²) in [6, 6.07) is 25.0. The van der Waals surface area contributed by atoms with E-state index in [1.165, 1.54) is 24.0 Å². The van der Waals surface area contributed by atoms with E-state index >= 15 is 0 Å². The number of carboxylic acid groups (broad SMARTS) is 1. The number of nitrogens with zero attached hydrogens (tertiary/aromatic N) is 1. The molecule has 1 aliphatic heterocycles. The van der Waals surface area contributed by atoms with Crippen molar-refractivity contribution in [3.63, 3.8) is 0 Å². The molecule has 1 heterocycles. The smallest absolute Gasteiger partial charge is 0.322 e. The van der Waals surface area contributed by atoms with Crippen molar-refractivity contribution in [2.75, 3.05) is 19.6 Å². The highest BCUT2D eigenvalue weighted by Crippen LogP contribution is 2.23. The lowest BCUT2D eigenvalue weighted by Gasteiger charge is -2.33. The van der Waals surface area contributed by atoms with Crippen molar-refractivity contribution >= 4 is 41.4 Å². The number of nitrogens with two attached hydrogens (primary N) is 2. The van der Waals surface area contributed by atoms with Gasteiger partial charge in [0.1, 0.15) is 42.5 Å². The number of carbonyl (C=O) groups excluding carboxylic acids is 6. The van der Waals surface area contributed by atoms with Crippen molar-refractivity contribution in [1.29, 1.82) is 0 Å². The fourth-order valence-electron chi connectivity index (χ4n) is 8.14. The Morgan fingerprint density at radius 1 is 0.690 bits per heavy atom. The van der Waals surface area contributed by atoms with Gasteiger partial charge in [-0.05, 0) is 98.9 Å². The first kappa shape index (κ1) is 54.7. The molecular weight excluding hydrogens is 913 g/mol. The number of phenolic OH excluding ortho intramolecular Hbond substituents is 1. The Morgan fingerprint density at radius 2 is 1.28 bits per heavy atom. The molecule has 8 atom stereocenters. The number of hydrogen-bond donors (Lipinski definition) is 10. The van der Waals surface area contributed by atoms with Gasteiger partial charge in [-0.15, -0.1) is 0 Å². The average Bonchev–Trinajstić information content (AvgIpc) is 3.87. The third kappa shape index (κ3) is 16.7. The predicted octanol–water partition coefficient (Wildman–Crippen LogP) is 1.42. The minimum absolute atomic E-state index is 0.00908. The number of hydrogen-bond acceptors (Lipinski definition) is 12. The van der Waals surface area contributed by atoms with Gasteiger partial charge in [-0.3, -0.25) is 33.6 Å². The van der Waals surface area contributed by atoms with E-state index in [1.54, 1.807) is 19.1 Å². The molecule has 0 bridgehead atoms. The number of carbonyl (C=O) groups is 7. The van der Waals surface area contributed by atoms with E-state index in [4.69, 9.17) is 21.3 Å². The van der Waals surface area contributed by atoms with Crippen molar-refractivity contribution in [2.45, 2.75) is 114 Å². The van der Waals surface area contributed by atoms with Gasteiger partial charge in [0.2, 0.25) is 35.4 Å². The minimum atomic E-state index is -1.56. The Balaban J connectivity index is 1.37. The maximum atomic E-state index is 14.9. The molecule has 1 aliphatic rings. The number of aliphatic hydroxyl groups is 1. The summed E-state index contributed by atoms with van der Waals surface area (Å²) >= 11 is 0. The standard InChI is InChI=1S/C52H66N8O11/c1-32(61)45(51(69)55-30-44(63)64)58-48(66)41(16-9-10-26-53)56-50(68)43-17-11-27-60(43)52(70)46(33(2)71-31-36-12-5-3-6-13-36)59-49(67)42(29-35-20-24-39(62)25-21-35)57-47(65)40(54)28-34-18-22-38(23-19-34)37-14-7-4-8-15-37/h3-8,12-15,18-25,32-33,40-43,45-46,61-62H,9-11,16-17,26-31,53-54H2,1-2H3,(H,55,69)(H,56,68)(H,57,65)(H,58,66)(H,59,67)(H,63,64)/t32-,33-,40+,41+,42+,43+,45+,46+/m1/s1. The second-order valence-corrected chi connectivity index (χ2v) is 17.7. The van der Waals surface area contributed by atoms with E-state index in [9.17, 15) is 43.8 Å². The zero-order chi connectivity index (χ0) is 51.5. The van der Waals surface area contributed by atoms with Crippen LogP contribution in [0.25, 0.3) is 11.1 Å². The van der Waals surface area contributed by atoms with Crippen molar-refractivity contribution < 1.29 is 53.6 Å². The summed E-state index contributed by atoms with van der Waals surface area (Å²) in [5, 5.41) is 42.2. The van der Waals surface area contributed by atoms with Gasteiger partial charge in [0.15, 0.2) is 0 Å². The van der Waals surface area contributed by atoms with Crippen LogP contribution in [0.15, 0.2) is 109 Å². The van der Waals surface area contributed by atoms with E-state index in [1.807, 2.05) is 84.9 Å². The molecule has 0 saturated carbocycles. The van der Waals surface area contributed by atoms with Gasteiger partial charge in [-0.25, -0.2) is 0 Å². The lowest BCUT2D eigenvalue weighted by Crippen LogP contribution is -2.62. The number of aliphatic hydroxyl groups excluding tert-OH is 1. The van der Waals surface area contributed by atoms with Crippen molar-refractivity contribution in [1.82, 2.24) is 31.5 Å². The molecule has 12 N–H and O–H groups in total. The number of phenols is 1. The van der Waals surface area contributed by atoms with Crippen LogP contribution in [0, 0.1) is 0 Å². The molecule has 5 rings (SSSR count). The molecule has 0 aromatic heterocycles. The molecule has 0 unspecified atom stereocenters. The molecule has 0 spiro atoms. The molecular formula is C52H66N8O11. The highest BCUT2D eigenvalue weighted by atomic mass is 16.5. The maximum absolute atomic E-state index is 14.9. The summed E-state index contributed by atoms with van der Waals surface area (Å²) in [6.45, 7) is 2.52. The summed E-state index contributed by atoms with van der Waals surface area (Å²) in [4.78, 5) is 96.3. The van der Waals surface area contributed by atoms with Crippen LogP contribution in [-0.2, 0) is 57.7 Å².